The number of rotatable bonds is 5. The Morgan fingerprint density at radius 1 is 1.30 bits per heavy atom. The summed E-state index contributed by atoms with van der Waals surface area (Å²) in [6.45, 7) is 1.97. The zero-order valence-corrected chi connectivity index (χ0v) is 10.9. The van der Waals surface area contributed by atoms with E-state index >= 15 is 0 Å². The summed E-state index contributed by atoms with van der Waals surface area (Å²) in [5.74, 6) is 4.41. The van der Waals surface area contributed by atoms with Gasteiger partial charge in [0.1, 0.15) is 18.0 Å². The molecule has 0 bridgehead atoms. The van der Waals surface area contributed by atoms with E-state index in [1.54, 1.807) is 0 Å². The van der Waals surface area contributed by atoms with E-state index in [0.717, 1.165) is 18.6 Å². The van der Waals surface area contributed by atoms with Crippen molar-refractivity contribution in [2.75, 3.05) is 5.43 Å². The second-order valence-corrected chi connectivity index (χ2v) is 4.08. The van der Waals surface area contributed by atoms with E-state index < -0.39 is 11.6 Å². The second-order valence-electron chi connectivity index (χ2n) is 4.08. The van der Waals surface area contributed by atoms with Gasteiger partial charge in [-0.3, -0.25) is 0 Å². The minimum Gasteiger partial charge on any atom is -0.435 e. The number of nitrogens with one attached hydrogen (secondary N) is 1. The number of halogens is 2. The summed E-state index contributed by atoms with van der Waals surface area (Å²) in [4.78, 5) is 7.95. The molecule has 3 N–H and O–H groups in total. The van der Waals surface area contributed by atoms with Gasteiger partial charge >= 0.3 is 0 Å². The fourth-order valence-electron chi connectivity index (χ4n) is 1.75. The van der Waals surface area contributed by atoms with Crippen LogP contribution in [0.4, 0.5) is 14.6 Å². The highest BCUT2D eigenvalue weighted by Crippen LogP contribution is 2.29. The molecule has 0 atom stereocenters. The molecule has 0 unspecified atom stereocenters. The number of aromatic nitrogens is 2. The minimum absolute atomic E-state index is 0.106. The van der Waals surface area contributed by atoms with Crippen LogP contribution in [-0.2, 0) is 6.42 Å². The number of nitrogens with two attached hydrogens (primary N) is 1. The van der Waals surface area contributed by atoms with E-state index in [-0.39, 0.29) is 11.6 Å². The van der Waals surface area contributed by atoms with Crippen LogP contribution >= 0.6 is 0 Å². The van der Waals surface area contributed by atoms with Crippen LogP contribution in [-0.4, -0.2) is 9.97 Å². The summed E-state index contributed by atoms with van der Waals surface area (Å²) in [5.41, 5.74) is 3.09. The van der Waals surface area contributed by atoms with Crippen molar-refractivity contribution >= 4 is 5.82 Å². The van der Waals surface area contributed by atoms with Gasteiger partial charge in [-0.15, -0.1) is 0 Å². The van der Waals surface area contributed by atoms with Crippen LogP contribution < -0.4 is 16.0 Å². The van der Waals surface area contributed by atoms with Crippen LogP contribution in [0.15, 0.2) is 24.5 Å². The van der Waals surface area contributed by atoms with Gasteiger partial charge in [-0.2, -0.15) is 0 Å². The van der Waals surface area contributed by atoms with Crippen LogP contribution in [0.1, 0.15) is 18.9 Å². The number of hydrogen-bond acceptors (Lipinski definition) is 5. The van der Waals surface area contributed by atoms with Gasteiger partial charge in [0.05, 0.1) is 5.56 Å². The number of ether oxygens (including phenoxy) is 1. The lowest BCUT2D eigenvalue weighted by atomic mass is 10.2. The Balaban J connectivity index is 2.37. The Morgan fingerprint density at radius 2 is 2.10 bits per heavy atom. The largest absolute Gasteiger partial charge is 0.435 e. The number of nitrogens with zero attached hydrogens (tertiary/aromatic N) is 2. The smallest absolute Gasteiger partial charge is 0.227 e. The Hall–Kier alpha value is -2.28. The molecule has 106 valence electrons. The first-order chi connectivity index (χ1) is 9.65. The van der Waals surface area contributed by atoms with Crippen molar-refractivity contribution in [1.82, 2.24) is 9.97 Å². The van der Waals surface area contributed by atoms with E-state index in [9.17, 15) is 8.78 Å². The molecule has 7 heteroatoms. The average molecular weight is 280 g/mol. The Morgan fingerprint density at radius 3 is 2.75 bits per heavy atom. The molecule has 1 heterocycles. The molecule has 1 aromatic carbocycles. The number of anilines is 1. The third kappa shape index (κ3) is 3.00. The summed E-state index contributed by atoms with van der Waals surface area (Å²) >= 11 is 0. The summed E-state index contributed by atoms with van der Waals surface area (Å²) in [7, 11) is 0. The lowest BCUT2D eigenvalue weighted by Crippen LogP contribution is -2.12. The number of hydrazine groups is 1. The minimum atomic E-state index is -0.798. The topological polar surface area (TPSA) is 73.1 Å². The molecular weight excluding hydrogens is 266 g/mol. The van der Waals surface area contributed by atoms with Gasteiger partial charge in [-0.1, -0.05) is 13.3 Å². The van der Waals surface area contributed by atoms with Gasteiger partial charge in [-0.25, -0.2) is 24.6 Å². The number of hydrogen-bond donors (Lipinski definition) is 2. The third-order valence-electron chi connectivity index (χ3n) is 2.64. The molecular formula is C13H14F2N4O. The van der Waals surface area contributed by atoms with E-state index in [4.69, 9.17) is 10.6 Å². The summed E-state index contributed by atoms with van der Waals surface area (Å²) < 4.78 is 31.8. The van der Waals surface area contributed by atoms with Crippen molar-refractivity contribution in [3.63, 3.8) is 0 Å². The van der Waals surface area contributed by atoms with Gasteiger partial charge < -0.3 is 10.2 Å². The second kappa shape index (κ2) is 6.25. The third-order valence-corrected chi connectivity index (χ3v) is 2.64. The van der Waals surface area contributed by atoms with Crippen LogP contribution in [0.5, 0.6) is 11.6 Å². The van der Waals surface area contributed by atoms with Gasteiger partial charge in [-0.05, 0) is 18.6 Å². The van der Waals surface area contributed by atoms with Gasteiger partial charge in [0.2, 0.25) is 5.88 Å². The van der Waals surface area contributed by atoms with Crippen LogP contribution in [0.25, 0.3) is 0 Å². The number of nitrogen functional groups attached to an aromatic ring is 1. The molecule has 20 heavy (non-hydrogen) atoms. The predicted octanol–water partition coefficient (Wildman–Crippen LogP) is 2.79. The Bertz CT molecular complexity index is 607. The summed E-state index contributed by atoms with van der Waals surface area (Å²) in [6.07, 6.45) is 2.67. The zero-order valence-electron chi connectivity index (χ0n) is 10.9. The van der Waals surface area contributed by atoms with E-state index in [0.29, 0.717) is 17.8 Å². The molecule has 0 aliphatic carbocycles. The van der Waals surface area contributed by atoms with E-state index in [1.807, 2.05) is 6.92 Å². The van der Waals surface area contributed by atoms with Crippen molar-refractivity contribution in [2.45, 2.75) is 19.8 Å². The molecule has 0 aliphatic rings. The fourth-order valence-corrected chi connectivity index (χ4v) is 1.75. The van der Waals surface area contributed by atoms with Crippen molar-refractivity contribution in [3.8, 4) is 11.6 Å². The molecule has 0 spiro atoms. The average Bonchev–Trinajstić information content (AvgIpc) is 2.43. The predicted molar refractivity (Wildman–Crippen MR) is 70.3 cm³/mol. The van der Waals surface area contributed by atoms with Crippen molar-refractivity contribution in [1.29, 1.82) is 0 Å². The summed E-state index contributed by atoms with van der Waals surface area (Å²) in [5, 5.41) is 0. The van der Waals surface area contributed by atoms with Crippen LogP contribution in [0.2, 0.25) is 0 Å². The molecule has 0 aliphatic heterocycles. The molecule has 0 amide bonds. The Kier molecular flexibility index (Phi) is 4.41. The van der Waals surface area contributed by atoms with Crippen molar-refractivity contribution in [3.05, 3.63) is 41.7 Å². The molecule has 0 saturated heterocycles. The van der Waals surface area contributed by atoms with Gasteiger partial charge in [0.25, 0.3) is 0 Å². The van der Waals surface area contributed by atoms with Crippen LogP contribution in [0, 0.1) is 11.6 Å². The number of benzene rings is 1. The molecule has 0 radical (unpaired) electrons. The highest BCUT2D eigenvalue weighted by Gasteiger charge is 2.14. The fraction of sp³-hybridized carbons (Fsp3) is 0.231. The zero-order chi connectivity index (χ0) is 14.5. The molecule has 0 saturated carbocycles. The quantitative estimate of drug-likeness (QED) is 0.651. The van der Waals surface area contributed by atoms with Crippen LogP contribution in [0.3, 0.4) is 0 Å². The normalized spacial score (nSPS) is 10.4. The van der Waals surface area contributed by atoms with Gasteiger partial charge in [0, 0.05) is 6.07 Å². The molecule has 5 nitrogen and oxygen atoms in total. The maximum Gasteiger partial charge on any atom is 0.227 e. The monoisotopic (exact) mass is 280 g/mol. The highest BCUT2D eigenvalue weighted by molar-refractivity contribution is 5.49. The molecule has 1 aromatic heterocycles. The highest BCUT2D eigenvalue weighted by atomic mass is 19.1. The standard InChI is InChI=1S/C13H14F2N4O/c1-2-3-9-12(19-16)17-7-18-13(9)20-11-5-4-8(14)6-10(11)15/h4-7H,2-3,16H2,1H3,(H,17,18,19). The van der Waals surface area contributed by atoms with Gasteiger partial charge in [0.15, 0.2) is 11.6 Å². The maximum absolute atomic E-state index is 13.6. The maximum atomic E-state index is 13.6. The Labute approximate surface area is 114 Å². The SMILES string of the molecule is CCCc1c(NN)ncnc1Oc1ccc(F)cc1F. The lowest BCUT2D eigenvalue weighted by molar-refractivity contribution is 0.418. The van der Waals surface area contributed by atoms with E-state index in [1.165, 1.54) is 12.4 Å². The lowest BCUT2D eigenvalue weighted by Gasteiger charge is -2.12. The molecule has 2 rings (SSSR count). The van der Waals surface area contributed by atoms with Crippen molar-refractivity contribution in [2.24, 2.45) is 5.84 Å². The molecule has 0 fully saturated rings. The van der Waals surface area contributed by atoms with E-state index in [2.05, 4.69) is 15.4 Å². The molecule has 2 aromatic rings. The first-order valence-electron chi connectivity index (χ1n) is 6.09. The first kappa shape index (κ1) is 14.1. The van der Waals surface area contributed by atoms with Crippen molar-refractivity contribution < 1.29 is 13.5 Å². The first-order valence-corrected chi connectivity index (χ1v) is 6.09. The summed E-state index contributed by atoms with van der Waals surface area (Å²) in [6, 6.07) is 3.07.